The Morgan fingerprint density at radius 1 is 1.06 bits per heavy atom. The normalized spacial score (nSPS) is 11.4. The lowest BCUT2D eigenvalue weighted by molar-refractivity contribution is 0.0968. The fraction of sp³-hybridized carbons (Fsp3) is 0.304. The first-order chi connectivity index (χ1) is 14.8. The smallest absolute Gasteiger partial charge is 0.333 e. The number of aromatic nitrogens is 5. The largest absolute Gasteiger partial charge is 0.351 e. The highest BCUT2D eigenvalue weighted by molar-refractivity contribution is 5.97. The first-order valence-corrected chi connectivity index (χ1v) is 10.2. The molecule has 31 heavy (non-hydrogen) atoms. The predicted octanol–water partition coefficient (Wildman–Crippen LogP) is 2.27. The number of rotatable bonds is 6. The molecule has 0 amide bonds. The van der Waals surface area contributed by atoms with Crippen molar-refractivity contribution < 1.29 is 4.79 Å². The summed E-state index contributed by atoms with van der Waals surface area (Å²) in [5, 5.41) is 0. The molecule has 8 heteroatoms. The summed E-state index contributed by atoms with van der Waals surface area (Å²) in [7, 11) is 1.88. The number of benzene rings is 1. The summed E-state index contributed by atoms with van der Waals surface area (Å²) in [6.45, 7) is 6.14. The summed E-state index contributed by atoms with van der Waals surface area (Å²) in [5.74, 6) is -0.270. The highest BCUT2D eigenvalue weighted by Gasteiger charge is 2.21. The van der Waals surface area contributed by atoms with Crippen LogP contribution in [0.1, 0.15) is 34.2 Å². The molecule has 0 bridgehead atoms. The van der Waals surface area contributed by atoms with Crippen molar-refractivity contribution >= 4 is 16.9 Å². The molecule has 0 aliphatic rings. The fourth-order valence-corrected chi connectivity index (χ4v) is 3.89. The van der Waals surface area contributed by atoms with Gasteiger partial charge in [-0.05, 0) is 32.4 Å². The van der Waals surface area contributed by atoms with Crippen molar-refractivity contribution in [1.82, 2.24) is 23.3 Å². The Morgan fingerprint density at radius 3 is 2.39 bits per heavy atom. The zero-order chi connectivity index (χ0) is 22.3. The van der Waals surface area contributed by atoms with Crippen LogP contribution in [-0.4, -0.2) is 29.0 Å². The number of fused-ring (bicyclic) bond motifs is 1. The number of carbonyl (C=O) groups excluding carboxylic acids is 1. The monoisotopic (exact) mass is 419 g/mol. The van der Waals surface area contributed by atoms with Gasteiger partial charge in [0.15, 0.2) is 16.9 Å². The van der Waals surface area contributed by atoms with E-state index in [1.165, 1.54) is 4.57 Å². The highest BCUT2D eigenvalue weighted by Crippen LogP contribution is 2.15. The van der Waals surface area contributed by atoms with Gasteiger partial charge in [0.1, 0.15) is 0 Å². The van der Waals surface area contributed by atoms with Crippen LogP contribution in [0.4, 0.5) is 0 Å². The van der Waals surface area contributed by atoms with Crippen LogP contribution < -0.4 is 11.2 Å². The lowest BCUT2D eigenvalue weighted by Crippen LogP contribution is -2.42. The van der Waals surface area contributed by atoms with Gasteiger partial charge in [-0.2, -0.15) is 0 Å². The molecule has 3 heterocycles. The molecule has 0 aliphatic heterocycles. The van der Waals surface area contributed by atoms with Crippen molar-refractivity contribution in [1.29, 1.82) is 0 Å². The molecule has 1 aromatic carbocycles. The minimum Gasteiger partial charge on any atom is -0.351 e. The first-order valence-electron chi connectivity index (χ1n) is 10.2. The third kappa shape index (κ3) is 3.43. The third-order valence-electron chi connectivity index (χ3n) is 5.89. The molecule has 4 rings (SSSR count). The maximum absolute atomic E-state index is 13.3. The van der Waals surface area contributed by atoms with Crippen molar-refractivity contribution in [3.8, 4) is 0 Å². The molecule has 160 valence electrons. The first kappa shape index (κ1) is 20.6. The van der Waals surface area contributed by atoms with Crippen molar-refractivity contribution in [2.24, 2.45) is 7.05 Å². The van der Waals surface area contributed by atoms with Crippen LogP contribution in [0.5, 0.6) is 0 Å². The van der Waals surface area contributed by atoms with Crippen LogP contribution in [0, 0.1) is 13.8 Å². The molecule has 0 unspecified atom stereocenters. The molecule has 0 saturated heterocycles. The lowest BCUT2D eigenvalue weighted by atomic mass is 10.1. The zero-order valence-electron chi connectivity index (χ0n) is 18.1. The topological polar surface area (TPSA) is 83.8 Å². The van der Waals surface area contributed by atoms with E-state index in [1.807, 2.05) is 62.7 Å². The maximum Gasteiger partial charge on any atom is 0.333 e. The van der Waals surface area contributed by atoms with Crippen molar-refractivity contribution in [3.05, 3.63) is 86.1 Å². The fourth-order valence-electron chi connectivity index (χ4n) is 3.89. The predicted molar refractivity (Wildman–Crippen MR) is 119 cm³/mol. The van der Waals surface area contributed by atoms with Gasteiger partial charge in [0.25, 0.3) is 5.56 Å². The molecule has 0 N–H and O–H groups in total. The molecular weight excluding hydrogens is 394 g/mol. The van der Waals surface area contributed by atoms with Gasteiger partial charge in [-0.1, -0.05) is 30.3 Å². The van der Waals surface area contributed by atoms with Gasteiger partial charge in [-0.25, -0.2) is 9.78 Å². The third-order valence-corrected chi connectivity index (χ3v) is 5.89. The molecule has 0 atom stereocenters. The van der Waals surface area contributed by atoms with E-state index in [0.29, 0.717) is 23.3 Å². The summed E-state index contributed by atoms with van der Waals surface area (Å²) in [6, 6.07) is 11.3. The Balaban J connectivity index is 1.88. The van der Waals surface area contributed by atoms with E-state index in [4.69, 9.17) is 0 Å². The summed E-state index contributed by atoms with van der Waals surface area (Å²) < 4.78 is 6.12. The summed E-state index contributed by atoms with van der Waals surface area (Å²) in [5.41, 5.74) is 2.79. The second kappa shape index (κ2) is 7.86. The van der Waals surface area contributed by atoms with Gasteiger partial charge in [0.2, 0.25) is 0 Å². The quantitative estimate of drug-likeness (QED) is 0.449. The Hall–Kier alpha value is -3.68. The van der Waals surface area contributed by atoms with Crippen molar-refractivity contribution in [3.63, 3.8) is 0 Å². The van der Waals surface area contributed by atoms with Crippen molar-refractivity contribution in [2.45, 2.75) is 40.4 Å². The van der Waals surface area contributed by atoms with E-state index in [1.54, 1.807) is 17.0 Å². The average molecular weight is 419 g/mol. The Kier molecular flexibility index (Phi) is 5.22. The summed E-state index contributed by atoms with van der Waals surface area (Å²) in [4.78, 5) is 44.0. The average Bonchev–Trinajstić information content (AvgIpc) is 3.31. The van der Waals surface area contributed by atoms with E-state index < -0.39 is 11.2 Å². The number of imidazole rings is 1. The highest BCUT2D eigenvalue weighted by atomic mass is 16.2. The molecule has 3 aromatic heterocycles. The van der Waals surface area contributed by atoms with E-state index in [-0.39, 0.29) is 18.9 Å². The van der Waals surface area contributed by atoms with Crippen molar-refractivity contribution in [2.75, 3.05) is 0 Å². The number of carbonyl (C=O) groups is 1. The number of Topliss-reactive ketones (excluding diaryl/α,β-unsaturated/α-hetero) is 1. The van der Waals surface area contributed by atoms with E-state index in [0.717, 1.165) is 21.5 Å². The molecular formula is C23H25N5O3. The number of ketones is 1. The molecule has 0 radical (unpaired) electrons. The van der Waals surface area contributed by atoms with Gasteiger partial charge in [-0.3, -0.25) is 18.7 Å². The minimum absolute atomic E-state index is 0.259. The van der Waals surface area contributed by atoms with Crippen LogP contribution in [0.15, 0.2) is 52.3 Å². The van der Waals surface area contributed by atoms with Gasteiger partial charge in [-0.15, -0.1) is 0 Å². The number of nitrogens with zero attached hydrogens (tertiary/aromatic N) is 5. The van der Waals surface area contributed by atoms with Gasteiger partial charge < -0.3 is 9.13 Å². The molecule has 0 fully saturated rings. The van der Waals surface area contributed by atoms with Gasteiger partial charge >= 0.3 is 5.69 Å². The molecule has 4 aromatic rings. The van der Waals surface area contributed by atoms with Crippen LogP contribution in [0.3, 0.4) is 0 Å². The Morgan fingerprint density at radius 2 is 1.77 bits per heavy atom. The van der Waals surface area contributed by atoms with Crippen LogP contribution in [0.2, 0.25) is 0 Å². The Labute approximate surface area is 179 Å². The van der Waals surface area contributed by atoms with Crippen LogP contribution in [0.25, 0.3) is 11.2 Å². The van der Waals surface area contributed by atoms with E-state index in [2.05, 4.69) is 4.98 Å². The lowest BCUT2D eigenvalue weighted by Gasteiger charge is -2.12. The second-order valence-corrected chi connectivity index (χ2v) is 7.72. The number of aryl methyl sites for hydroxylation is 2. The van der Waals surface area contributed by atoms with Crippen LogP contribution in [-0.2, 0) is 26.7 Å². The zero-order valence-corrected chi connectivity index (χ0v) is 18.1. The second-order valence-electron chi connectivity index (χ2n) is 7.72. The van der Waals surface area contributed by atoms with E-state index in [9.17, 15) is 14.4 Å². The molecule has 0 spiro atoms. The standard InChI is InChI=1S/C23H25N5O3/c1-5-26-14-24-21-20(26)22(30)28(13-19(29)18-11-15(2)25(4)16(18)3)23(31)27(21)12-17-9-7-6-8-10-17/h6-11,14H,5,12-13H2,1-4H3. The molecule has 0 saturated carbocycles. The summed E-state index contributed by atoms with van der Waals surface area (Å²) in [6.07, 6.45) is 1.56. The molecule has 8 nitrogen and oxygen atoms in total. The number of hydrogen-bond donors (Lipinski definition) is 0. The Bertz CT molecular complexity index is 1400. The van der Waals surface area contributed by atoms with Gasteiger partial charge in [0, 0.05) is 30.5 Å². The van der Waals surface area contributed by atoms with Crippen LogP contribution >= 0.6 is 0 Å². The summed E-state index contributed by atoms with van der Waals surface area (Å²) >= 11 is 0. The SMILES string of the molecule is CCn1cnc2c1c(=O)n(CC(=O)c1cc(C)n(C)c1C)c(=O)n2Cc1ccccc1. The number of hydrogen-bond acceptors (Lipinski definition) is 4. The van der Waals surface area contributed by atoms with E-state index >= 15 is 0 Å². The maximum atomic E-state index is 13.3. The minimum atomic E-state index is -0.540. The van der Waals surface area contributed by atoms with Gasteiger partial charge in [0.05, 0.1) is 19.4 Å². The molecule has 0 aliphatic carbocycles.